The molecule has 0 unspecified atom stereocenters. The van der Waals surface area contributed by atoms with Gasteiger partial charge in [-0.15, -0.1) is 0 Å². The van der Waals surface area contributed by atoms with E-state index in [-0.39, 0.29) is 11.9 Å². The summed E-state index contributed by atoms with van der Waals surface area (Å²) in [5, 5.41) is 0. The van der Waals surface area contributed by atoms with Gasteiger partial charge in [-0.05, 0) is 38.8 Å². The molecule has 1 aliphatic rings. The van der Waals surface area contributed by atoms with Crippen LogP contribution in [0.3, 0.4) is 0 Å². The lowest BCUT2D eigenvalue weighted by Gasteiger charge is -2.32. The molecule has 0 saturated carbocycles. The van der Waals surface area contributed by atoms with Gasteiger partial charge < -0.3 is 4.90 Å². The molecule has 2 rings (SSSR count). The SMILES string of the molecule is Cc1ccc2c(c1)CCC(=O)N2C(C)C. The predicted molar refractivity (Wildman–Crippen MR) is 62.1 cm³/mol. The van der Waals surface area contributed by atoms with Crippen LogP contribution in [-0.2, 0) is 11.2 Å². The van der Waals surface area contributed by atoms with Crippen molar-refractivity contribution in [2.24, 2.45) is 0 Å². The summed E-state index contributed by atoms with van der Waals surface area (Å²) in [7, 11) is 0. The molecule has 1 aliphatic heterocycles. The van der Waals surface area contributed by atoms with E-state index in [2.05, 4.69) is 39.0 Å². The van der Waals surface area contributed by atoms with Crippen molar-refractivity contribution in [2.45, 2.75) is 39.7 Å². The van der Waals surface area contributed by atoms with Crippen LogP contribution in [-0.4, -0.2) is 11.9 Å². The van der Waals surface area contributed by atoms with Gasteiger partial charge in [-0.25, -0.2) is 0 Å². The molecule has 2 heteroatoms. The van der Waals surface area contributed by atoms with Crippen molar-refractivity contribution in [3.8, 4) is 0 Å². The van der Waals surface area contributed by atoms with Crippen molar-refractivity contribution < 1.29 is 4.79 Å². The highest BCUT2D eigenvalue weighted by molar-refractivity contribution is 5.96. The molecule has 80 valence electrons. The molecule has 2 nitrogen and oxygen atoms in total. The van der Waals surface area contributed by atoms with Gasteiger partial charge in [-0.3, -0.25) is 4.79 Å². The molecule has 0 saturated heterocycles. The van der Waals surface area contributed by atoms with Gasteiger partial charge >= 0.3 is 0 Å². The van der Waals surface area contributed by atoms with Gasteiger partial charge in [-0.2, -0.15) is 0 Å². The molecule has 0 N–H and O–H groups in total. The van der Waals surface area contributed by atoms with Crippen molar-refractivity contribution in [3.63, 3.8) is 0 Å². The van der Waals surface area contributed by atoms with Crippen LogP contribution >= 0.6 is 0 Å². The third-order valence-electron chi connectivity index (χ3n) is 2.89. The molecule has 15 heavy (non-hydrogen) atoms. The second-order valence-electron chi connectivity index (χ2n) is 4.49. The Morgan fingerprint density at radius 3 is 2.67 bits per heavy atom. The van der Waals surface area contributed by atoms with E-state index in [9.17, 15) is 4.79 Å². The number of fused-ring (bicyclic) bond motifs is 1. The standard InChI is InChI=1S/C13H17NO/c1-9(2)14-12-6-4-10(3)8-11(12)5-7-13(14)15/h4,6,8-9H,5,7H2,1-3H3. The van der Waals surface area contributed by atoms with Gasteiger partial charge in [0.25, 0.3) is 0 Å². The van der Waals surface area contributed by atoms with E-state index in [1.54, 1.807) is 0 Å². The van der Waals surface area contributed by atoms with Crippen LogP contribution in [0.25, 0.3) is 0 Å². The van der Waals surface area contributed by atoms with Crippen LogP contribution in [0.4, 0.5) is 5.69 Å². The molecule has 0 radical (unpaired) electrons. The number of amides is 1. The molecule has 1 amide bonds. The minimum absolute atomic E-state index is 0.249. The summed E-state index contributed by atoms with van der Waals surface area (Å²) >= 11 is 0. The van der Waals surface area contributed by atoms with Crippen LogP contribution in [0, 0.1) is 6.92 Å². The molecule has 1 aromatic carbocycles. The van der Waals surface area contributed by atoms with E-state index in [4.69, 9.17) is 0 Å². The number of hydrogen-bond acceptors (Lipinski definition) is 1. The molecule has 0 aliphatic carbocycles. The van der Waals surface area contributed by atoms with Crippen molar-refractivity contribution in [1.29, 1.82) is 0 Å². The van der Waals surface area contributed by atoms with E-state index in [0.29, 0.717) is 6.42 Å². The van der Waals surface area contributed by atoms with Crippen LogP contribution in [0.5, 0.6) is 0 Å². The summed E-state index contributed by atoms with van der Waals surface area (Å²) in [5.41, 5.74) is 3.68. The van der Waals surface area contributed by atoms with Crippen molar-refractivity contribution >= 4 is 11.6 Å². The zero-order valence-electron chi connectivity index (χ0n) is 9.58. The number of aryl methyl sites for hydroxylation is 2. The zero-order valence-corrected chi connectivity index (χ0v) is 9.58. The van der Waals surface area contributed by atoms with Gasteiger partial charge in [0.2, 0.25) is 5.91 Å². The third kappa shape index (κ3) is 1.76. The third-order valence-corrected chi connectivity index (χ3v) is 2.89. The summed E-state index contributed by atoms with van der Waals surface area (Å²) in [6.07, 6.45) is 1.54. The molecular weight excluding hydrogens is 186 g/mol. The van der Waals surface area contributed by atoms with Gasteiger partial charge in [0.1, 0.15) is 0 Å². The lowest BCUT2D eigenvalue weighted by Crippen LogP contribution is -2.40. The smallest absolute Gasteiger partial charge is 0.227 e. The number of carbonyl (C=O) groups is 1. The van der Waals surface area contributed by atoms with Crippen LogP contribution in [0.2, 0.25) is 0 Å². The normalized spacial score (nSPS) is 15.7. The Hall–Kier alpha value is -1.31. The summed E-state index contributed by atoms with van der Waals surface area (Å²) in [5.74, 6) is 0.251. The minimum Gasteiger partial charge on any atom is -0.310 e. The lowest BCUT2D eigenvalue weighted by atomic mass is 9.98. The minimum atomic E-state index is 0.249. The van der Waals surface area contributed by atoms with Crippen LogP contribution in [0.1, 0.15) is 31.4 Å². The number of rotatable bonds is 1. The first-order valence-electron chi connectivity index (χ1n) is 5.51. The number of anilines is 1. The Labute approximate surface area is 90.9 Å². The summed E-state index contributed by atoms with van der Waals surface area (Å²) in [6.45, 7) is 6.22. The average molecular weight is 203 g/mol. The van der Waals surface area contributed by atoms with Gasteiger partial charge in [0.15, 0.2) is 0 Å². The maximum Gasteiger partial charge on any atom is 0.227 e. The first kappa shape index (κ1) is 10.2. The number of carbonyl (C=O) groups excluding carboxylic acids is 1. The Balaban J connectivity index is 2.48. The average Bonchev–Trinajstić information content (AvgIpc) is 2.17. The molecule has 1 heterocycles. The van der Waals surface area contributed by atoms with E-state index < -0.39 is 0 Å². The van der Waals surface area contributed by atoms with Crippen molar-refractivity contribution in [2.75, 3.05) is 4.90 Å². The molecule has 0 fully saturated rings. The Morgan fingerprint density at radius 1 is 1.27 bits per heavy atom. The van der Waals surface area contributed by atoms with Gasteiger partial charge in [0, 0.05) is 18.2 Å². The Bertz CT molecular complexity index is 396. The predicted octanol–water partition coefficient (Wildman–Crippen LogP) is 2.68. The zero-order chi connectivity index (χ0) is 11.0. The highest BCUT2D eigenvalue weighted by Gasteiger charge is 2.25. The monoisotopic (exact) mass is 203 g/mol. The number of hydrogen-bond donors (Lipinski definition) is 0. The second-order valence-corrected chi connectivity index (χ2v) is 4.49. The van der Waals surface area contributed by atoms with Crippen LogP contribution < -0.4 is 4.90 Å². The highest BCUT2D eigenvalue weighted by Crippen LogP contribution is 2.29. The largest absolute Gasteiger partial charge is 0.310 e. The molecule has 0 atom stereocenters. The van der Waals surface area contributed by atoms with E-state index in [1.165, 1.54) is 11.1 Å². The van der Waals surface area contributed by atoms with E-state index in [1.807, 2.05) is 4.90 Å². The Kier molecular flexibility index (Phi) is 2.51. The van der Waals surface area contributed by atoms with Crippen molar-refractivity contribution in [1.82, 2.24) is 0 Å². The summed E-state index contributed by atoms with van der Waals surface area (Å²) in [4.78, 5) is 13.7. The van der Waals surface area contributed by atoms with Crippen LogP contribution in [0.15, 0.2) is 18.2 Å². The molecule has 0 aromatic heterocycles. The summed E-state index contributed by atoms with van der Waals surface area (Å²) in [6, 6.07) is 6.59. The molecule has 0 spiro atoms. The first-order valence-corrected chi connectivity index (χ1v) is 5.51. The molecule has 1 aromatic rings. The fraction of sp³-hybridized carbons (Fsp3) is 0.462. The molecular formula is C13H17NO. The quantitative estimate of drug-likeness (QED) is 0.687. The fourth-order valence-corrected chi connectivity index (χ4v) is 2.21. The topological polar surface area (TPSA) is 20.3 Å². The molecule has 0 bridgehead atoms. The van der Waals surface area contributed by atoms with E-state index >= 15 is 0 Å². The maximum absolute atomic E-state index is 11.8. The number of nitrogens with zero attached hydrogens (tertiary/aromatic N) is 1. The van der Waals surface area contributed by atoms with Crippen molar-refractivity contribution in [3.05, 3.63) is 29.3 Å². The fourth-order valence-electron chi connectivity index (χ4n) is 2.21. The lowest BCUT2D eigenvalue weighted by molar-refractivity contribution is -0.119. The summed E-state index contributed by atoms with van der Waals surface area (Å²) < 4.78 is 0. The Morgan fingerprint density at radius 2 is 2.00 bits per heavy atom. The van der Waals surface area contributed by atoms with E-state index in [0.717, 1.165) is 12.1 Å². The first-order chi connectivity index (χ1) is 7.09. The second kappa shape index (κ2) is 3.69. The highest BCUT2D eigenvalue weighted by atomic mass is 16.2. The van der Waals surface area contributed by atoms with Gasteiger partial charge in [0.05, 0.1) is 0 Å². The maximum atomic E-state index is 11.8. The van der Waals surface area contributed by atoms with Gasteiger partial charge in [-0.1, -0.05) is 17.7 Å². The number of benzene rings is 1.